The first-order valence-corrected chi connectivity index (χ1v) is 6.58. The van der Waals surface area contributed by atoms with Gasteiger partial charge in [-0.05, 0) is 46.1 Å². The number of amides is 1. The molecule has 1 amide bonds. The first kappa shape index (κ1) is 13.5. The predicted octanol–water partition coefficient (Wildman–Crippen LogP) is 2.21. The van der Waals surface area contributed by atoms with Crippen molar-refractivity contribution < 1.29 is 4.79 Å². The second-order valence-corrected chi connectivity index (χ2v) is 5.47. The van der Waals surface area contributed by atoms with Gasteiger partial charge in [0.05, 0.1) is 0 Å². The topological polar surface area (TPSA) is 41.1 Å². The maximum atomic E-state index is 11.7. The van der Waals surface area contributed by atoms with Crippen LogP contribution in [-0.2, 0) is 4.79 Å². The summed E-state index contributed by atoms with van der Waals surface area (Å²) in [5.41, 5.74) is -0.0585. The zero-order valence-electron chi connectivity index (χ0n) is 10.9. The van der Waals surface area contributed by atoms with Crippen LogP contribution in [0.2, 0.25) is 0 Å². The number of nitrogens with one attached hydrogen (secondary N) is 2. The molecule has 0 aromatic carbocycles. The molecular formula is C13H26N2O. The van der Waals surface area contributed by atoms with Crippen LogP contribution in [0, 0.1) is 0 Å². The lowest BCUT2D eigenvalue weighted by molar-refractivity contribution is -0.122. The number of piperidine rings is 1. The van der Waals surface area contributed by atoms with E-state index < -0.39 is 0 Å². The fourth-order valence-electron chi connectivity index (χ4n) is 2.00. The average molecular weight is 226 g/mol. The molecule has 94 valence electrons. The third-order valence-electron chi connectivity index (χ3n) is 3.49. The minimum absolute atomic E-state index is 0.0585. The van der Waals surface area contributed by atoms with Crippen molar-refractivity contribution >= 4 is 5.91 Å². The number of rotatable bonds is 5. The monoisotopic (exact) mass is 226 g/mol. The number of hydrogen-bond acceptors (Lipinski definition) is 2. The van der Waals surface area contributed by atoms with Gasteiger partial charge in [-0.2, -0.15) is 0 Å². The Balaban J connectivity index is 2.19. The van der Waals surface area contributed by atoms with Crippen molar-refractivity contribution in [2.45, 2.75) is 70.9 Å². The summed E-state index contributed by atoms with van der Waals surface area (Å²) in [5.74, 6) is 0.194. The van der Waals surface area contributed by atoms with Crippen molar-refractivity contribution in [3.63, 3.8) is 0 Å². The highest BCUT2D eigenvalue weighted by Gasteiger charge is 2.19. The van der Waals surface area contributed by atoms with Gasteiger partial charge in [-0.25, -0.2) is 0 Å². The molecule has 2 N–H and O–H groups in total. The first-order valence-electron chi connectivity index (χ1n) is 6.58. The molecule has 0 spiro atoms. The van der Waals surface area contributed by atoms with E-state index in [1.54, 1.807) is 0 Å². The highest BCUT2D eigenvalue weighted by molar-refractivity contribution is 5.76. The highest BCUT2D eigenvalue weighted by Crippen LogP contribution is 2.13. The fraction of sp³-hybridized carbons (Fsp3) is 0.923. The largest absolute Gasteiger partial charge is 0.351 e. The van der Waals surface area contributed by atoms with Crippen LogP contribution in [0.15, 0.2) is 0 Å². The third kappa shape index (κ3) is 4.97. The van der Waals surface area contributed by atoms with Gasteiger partial charge in [-0.3, -0.25) is 4.79 Å². The zero-order chi connectivity index (χ0) is 12.0. The Labute approximate surface area is 99.4 Å². The van der Waals surface area contributed by atoms with Gasteiger partial charge in [0, 0.05) is 18.0 Å². The second kappa shape index (κ2) is 6.24. The molecule has 1 aliphatic rings. The first-order chi connectivity index (χ1) is 7.53. The van der Waals surface area contributed by atoms with Gasteiger partial charge in [0.25, 0.3) is 0 Å². The van der Waals surface area contributed by atoms with Crippen molar-refractivity contribution in [3.05, 3.63) is 0 Å². The molecule has 1 fully saturated rings. The quantitative estimate of drug-likeness (QED) is 0.754. The summed E-state index contributed by atoms with van der Waals surface area (Å²) in [6.07, 6.45) is 6.42. The lowest BCUT2D eigenvalue weighted by atomic mass is 9.99. The van der Waals surface area contributed by atoms with E-state index >= 15 is 0 Å². The number of carbonyl (C=O) groups is 1. The van der Waals surface area contributed by atoms with Crippen LogP contribution in [0.25, 0.3) is 0 Å². The molecule has 3 nitrogen and oxygen atoms in total. The van der Waals surface area contributed by atoms with Crippen molar-refractivity contribution in [2.24, 2.45) is 0 Å². The van der Waals surface area contributed by atoms with Crippen LogP contribution in [0.4, 0.5) is 0 Å². The molecule has 0 aromatic heterocycles. The molecule has 0 aliphatic carbocycles. The molecular weight excluding hydrogens is 200 g/mol. The van der Waals surface area contributed by atoms with Crippen LogP contribution in [0.5, 0.6) is 0 Å². The van der Waals surface area contributed by atoms with E-state index in [9.17, 15) is 4.79 Å². The van der Waals surface area contributed by atoms with Crippen LogP contribution < -0.4 is 10.6 Å². The van der Waals surface area contributed by atoms with Gasteiger partial charge in [0.15, 0.2) is 0 Å². The predicted molar refractivity (Wildman–Crippen MR) is 67.4 cm³/mol. The van der Waals surface area contributed by atoms with Crippen molar-refractivity contribution in [2.75, 3.05) is 6.54 Å². The van der Waals surface area contributed by atoms with Crippen LogP contribution in [0.1, 0.15) is 59.3 Å². The van der Waals surface area contributed by atoms with Gasteiger partial charge in [-0.15, -0.1) is 0 Å². The smallest absolute Gasteiger partial charge is 0.220 e. The van der Waals surface area contributed by atoms with Crippen LogP contribution >= 0.6 is 0 Å². The summed E-state index contributed by atoms with van der Waals surface area (Å²) >= 11 is 0. The molecule has 1 aliphatic heterocycles. The second-order valence-electron chi connectivity index (χ2n) is 5.47. The Hall–Kier alpha value is -0.570. The Morgan fingerprint density at radius 1 is 1.44 bits per heavy atom. The van der Waals surface area contributed by atoms with Gasteiger partial charge >= 0.3 is 0 Å². The van der Waals surface area contributed by atoms with Gasteiger partial charge in [0.2, 0.25) is 5.91 Å². The summed E-state index contributed by atoms with van der Waals surface area (Å²) in [6.45, 7) is 7.36. The van der Waals surface area contributed by atoms with Gasteiger partial charge in [-0.1, -0.05) is 13.3 Å². The van der Waals surface area contributed by atoms with Gasteiger partial charge in [0.1, 0.15) is 0 Å². The number of carbonyl (C=O) groups excluding carboxylic acids is 1. The Morgan fingerprint density at radius 3 is 2.75 bits per heavy atom. The molecule has 16 heavy (non-hydrogen) atoms. The maximum Gasteiger partial charge on any atom is 0.220 e. The molecule has 0 saturated carbocycles. The summed E-state index contributed by atoms with van der Waals surface area (Å²) in [5, 5.41) is 6.55. The van der Waals surface area contributed by atoms with Gasteiger partial charge < -0.3 is 10.6 Å². The average Bonchev–Trinajstić information content (AvgIpc) is 2.27. The molecule has 1 atom stereocenters. The lowest BCUT2D eigenvalue weighted by Gasteiger charge is -2.26. The summed E-state index contributed by atoms with van der Waals surface area (Å²) < 4.78 is 0. The van der Waals surface area contributed by atoms with E-state index in [2.05, 4.69) is 31.4 Å². The molecule has 1 saturated heterocycles. The standard InChI is InChI=1S/C13H26N2O/c1-4-13(2,3)15-12(16)9-8-11-7-5-6-10-14-11/h11,14H,4-10H2,1-3H3,(H,15,16). The minimum atomic E-state index is -0.0585. The van der Waals surface area contributed by atoms with Crippen molar-refractivity contribution in [3.8, 4) is 0 Å². The summed E-state index contributed by atoms with van der Waals surface area (Å²) in [4.78, 5) is 11.7. The van der Waals surface area contributed by atoms with E-state index in [1.165, 1.54) is 19.3 Å². The number of hydrogen-bond donors (Lipinski definition) is 2. The molecule has 0 aromatic rings. The van der Waals surface area contributed by atoms with E-state index in [0.29, 0.717) is 12.5 Å². The maximum absolute atomic E-state index is 11.7. The van der Waals surface area contributed by atoms with E-state index in [0.717, 1.165) is 19.4 Å². The minimum Gasteiger partial charge on any atom is -0.351 e. The zero-order valence-corrected chi connectivity index (χ0v) is 10.9. The fourth-order valence-corrected chi connectivity index (χ4v) is 2.00. The van der Waals surface area contributed by atoms with E-state index in [1.807, 2.05) is 0 Å². The van der Waals surface area contributed by atoms with Crippen molar-refractivity contribution in [1.29, 1.82) is 0 Å². The molecule has 0 bridgehead atoms. The SMILES string of the molecule is CCC(C)(C)NC(=O)CCC1CCCCN1. The van der Waals surface area contributed by atoms with Crippen LogP contribution in [0.3, 0.4) is 0 Å². The molecule has 1 heterocycles. The lowest BCUT2D eigenvalue weighted by Crippen LogP contribution is -2.43. The summed E-state index contributed by atoms with van der Waals surface area (Å²) in [6, 6.07) is 0.559. The molecule has 1 rings (SSSR count). The van der Waals surface area contributed by atoms with Crippen molar-refractivity contribution in [1.82, 2.24) is 10.6 Å². The van der Waals surface area contributed by atoms with E-state index in [-0.39, 0.29) is 11.4 Å². The summed E-state index contributed by atoms with van der Waals surface area (Å²) in [7, 11) is 0. The highest BCUT2D eigenvalue weighted by atomic mass is 16.1. The Morgan fingerprint density at radius 2 is 2.19 bits per heavy atom. The Kier molecular flexibility index (Phi) is 5.26. The Bertz CT molecular complexity index is 220. The third-order valence-corrected chi connectivity index (χ3v) is 3.49. The normalized spacial score (nSPS) is 21.8. The molecule has 1 unspecified atom stereocenters. The molecule has 0 radical (unpaired) electrons. The van der Waals surface area contributed by atoms with Crippen LogP contribution in [-0.4, -0.2) is 24.0 Å². The molecule has 3 heteroatoms. The van der Waals surface area contributed by atoms with E-state index in [4.69, 9.17) is 0 Å².